The van der Waals surface area contributed by atoms with Crippen molar-refractivity contribution < 1.29 is 0 Å². The highest BCUT2D eigenvalue weighted by Crippen LogP contribution is 2.43. The van der Waals surface area contributed by atoms with Crippen molar-refractivity contribution in [2.45, 2.75) is 37.5 Å². The molecule has 1 saturated carbocycles. The van der Waals surface area contributed by atoms with Gasteiger partial charge in [0.1, 0.15) is 0 Å². The van der Waals surface area contributed by atoms with Crippen LogP contribution in [0, 0.1) is 0 Å². The topological polar surface area (TPSA) is 41.8 Å². The van der Waals surface area contributed by atoms with E-state index in [-0.39, 0.29) is 5.41 Å². The maximum absolute atomic E-state index is 6.15. The number of rotatable bonds is 2. The summed E-state index contributed by atoms with van der Waals surface area (Å²) in [4.78, 5) is 3.32. The number of aromatic nitrogens is 1. The van der Waals surface area contributed by atoms with Gasteiger partial charge in [0.25, 0.3) is 0 Å². The van der Waals surface area contributed by atoms with Gasteiger partial charge in [-0.15, -0.1) is 0 Å². The molecule has 0 aliphatic heterocycles. The Kier molecular flexibility index (Phi) is 3.20. The quantitative estimate of drug-likeness (QED) is 0.862. The van der Waals surface area contributed by atoms with Crippen molar-refractivity contribution in [2.24, 2.45) is 5.73 Å². The van der Waals surface area contributed by atoms with Crippen molar-refractivity contribution >= 4 is 26.8 Å². The molecular weight excluding hydrogens is 288 g/mol. The number of hydrogen-bond donors (Lipinski definition) is 2. The Labute approximate surface area is 116 Å². The minimum Gasteiger partial charge on any atom is -0.360 e. The summed E-state index contributed by atoms with van der Waals surface area (Å²) in [6.45, 7) is 0.754. The third-order valence-corrected chi connectivity index (χ3v) is 5.06. The maximum Gasteiger partial charge on any atom is 0.0468 e. The molecule has 1 fully saturated rings. The fourth-order valence-corrected chi connectivity index (χ4v) is 3.94. The van der Waals surface area contributed by atoms with E-state index in [1.807, 2.05) is 6.20 Å². The number of fused-ring (bicyclic) bond motifs is 1. The Morgan fingerprint density at radius 2 is 2.00 bits per heavy atom. The molecule has 0 amide bonds. The molecule has 1 aromatic heterocycles. The molecule has 0 atom stereocenters. The number of hydrogen-bond acceptors (Lipinski definition) is 1. The van der Waals surface area contributed by atoms with Crippen LogP contribution in [0.5, 0.6) is 0 Å². The van der Waals surface area contributed by atoms with E-state index >= 15 is 0 Å². The van der Waals surface area contributed by atoms with Crippen molar-refractivity contribution in [1.29, 1.82) is 0 Å². The summed E-state index contributed by atoms with van der Waals surface area (Å²) >= 11 is 3.67. The van der Waals surface area contributed by atoms with Gasteiger partial charge in [-0.05, 0) is 40.4 Å². The number of H-pyrrole nitrogens is 1. The average molecular weight is 307 g/mol. The summed E-state index contributed by atoms with van der Waals surface area (Å²) in [6, 6.07) is 6.54. The van der Waals surface area contributed by atoms with Crippen LogP contribution in [0.25, 0.3) is 10.9 Å². The number of aromatic amines is 1. The highest BCUT2D eigenvalue weighted by atomic mass is 79.9. The van der Waals surface area contributed by atoms with Gasteiger partial charge in [0.2, 0.25) is 0 Å². The normalized spacial score (nSPS) is 19.2. The van der Waals surface area contributed by atoms with Crippen molar-refractivity contribution in [3.8, 4) is 0 Å². The van der Waals surface area contributed by atoms with E-state index in [0.29, 0.717) is 0 Å². The smallest absolute Gasteiger partial charge is 0.0468 e. The van der Waals surface area contributed by atoms with Crippen LogP contribution in [-0.4, -0.2) is 11.5 Å². The molecule has 3 N–H and O–H groups in total. The minimum atomic E-state index is 0.183. The molecule has 0 bridgehead atoms. The first-order valence-electron chi connectivity index (χ1n) is 6.73. The Bertz CT molecular complexity index is 553. The van der Waals surface area contributed by atoms with Crippen LogP contribution in [0.2, 0.25) is 0 Å². The summed E-state index contributed by atoms with van der Waals surface area (Å²) in [5.41, 5.74) is 8.97. The van der Waals surface area contributed by atoms with Gasteiger partial charge in [0, 0.05) is 33.5 Å². The Hall–Kier alpha value is -0.800. The molecule has 96 valence electrons. The SMILES string of the molecule is NCC1(c2cccc3[nH]cc(Br)c23)CCCCC1. The highest BCUT2D eigenvalue weighted by Gasteiger charge is 2.34. The van der Waals surface area contributed by atoms with E-state index in [9.17, 15) is 0 Å². The zero-order valence-corrected chi connectivity index (χ0v) is 12.1. The summed E-state index contributed by atoms with van der Waals surface area (Å²) < 4.78 is 1.16. The largest absolute Gasteiger partial charge is 0.360 e. The molecule has 3 heteroatoms. The summed E-state index contributed by atoms with van der Waals surface area (Å²) in [5, 5.41) is 1.32. The molecule has 1 aliphatic carbocycles. The molecule has 0 unspecified atom stereocenters. The summed E-state index contributed by atoms with van der Waals surface area (Å²) in [7, 11) is 0. The zero-order valence-electron chi connectivity index (χ0n) is 10.5. The van der Waals surface area contributed by atoms with Crippen molar-refractivity contribution in [2.75, 3.05) is 6.54 Å². The third kappa shape index (κ3) is 1.81. The van der Waals surface area contributed by atoms with Crippen LogP contribution >= 0.6 is 15.9 Å². The van der Waals surface area contributed by atoms with Crippen molar-refractivity contribution in [3.63, 3.8) is 0 Å². The Morgan fingerprint density at radius 3 is 2.72 bits per heavy atom. The van der Waals surface area contributed by atoms with Gasteiger partial charge in [0.15, 0.2) is 0 Å². The third-order valence-electron chi connectivity index (χ3n) is 4.43. The van der Waals surface area contributed by atoms with Gasteiger partial charge in [0.05, 0.1) is 0 Å². The summed E-state index contributed by atoms with van der Waals surface area (Å²) in [5.74, 6) is 0. The number of nitrogens with one attached hydrogen (secondary N) is 1. The molecule has 0 radical (unpaired) electrons. The van der Waals surface area contributed by atoms with E-state index < -0.39 is 0 Å². The molecule has 1 aliphatic rings. The van der Waals surface area contributed by atoms with Gasteiger partial charge >= 0.3 is 0 Å². The molecule has 18 heavy (non-hydrogen) atoms. The lowest BCUT2D eigenvalue weighted by Gasteiger charge is -2.37. The average Bonchev–Trinajstić information content (AvgIpc) is 2.81. The first-order chi connectivity index (χ1) is 8.77. The highest BCUT2D eigenvalue weighted by molar-refractivity contribution is 9.10. The van der Waals surface area contributed by atoms with Crippen molar-refractivity contribution in [1.82, 2.24) is 4.98 Å². The number of halogens is 1. The molecule has 0 saturated heterocycles. The molecule has 2 aromatic rings. The first kappa shape index (κ1) is 12.2. The lowest BCUT2D eigenvalue weighted by atomic mass is 9.68. The molecule has 0 spiro atoms. The van der Waals surface area contributed by atoms with Crippen LogP contribution in [0.4, 0.5) is 0 Å². The molecule has 3 rings (SSSR count). The van der Waals surface area contributed by atoms with E-state index in [1.54, 1.807) is 0 Å². The van der Waals surface area contributed by atoms with Crippen LogP contribution in [0.1, 0.15) is 37.7 Å². The van der Waals surface area contributed by atoms with E-state index in [1.165, 1.54) is 48.6 Å². The second-order valence-electron chi connectivity index (χ2n) is 5.41. The van der Waals surface area contributed by atoms with E-state index in [2.05, 4.69) is 39.1 Å². The minimum absolute atomic E-state index is 0.183. The van der Waals surface area contributed by atoms with Crippen LogP contribution < -0.4 is 5.73 Å². The predicted molar refractivity (Wildman–Crippen MR) is 79.8 cm³/mol. The van der Waals surface area contributed by atoms with E-state index in [0.717, 1.165) is 11.0 Å². The van der Waals surface area contributed by atoms with Gasteiger partial charge in [-0.25, -0.2) is 0 Å². The summed E-state index contributed by atoms with van der Waals surface area (Å²) in [6.07, 6.45) is 8.43. The standard InChI is InChI=1S/C15H19BrN2/c16-12-9-18-13-6-4-5-11(14(12)13)15(10-17)7-2-1-3-8-15/h4-6,9,18H,1-3,7-8,10,17H2. The lowest BCUT2D eigenvalue weighted by molar-refractivity contribution is 0.303. The second-order valence-corrected chi connectivity index (χ2v) is 6.26. The molecular formula is C15H19BrN2. The molecule has 1 aromatic carbocycles. The van der Waals surface area contributed by atoms with E-state index in [4.69, 9.17) is 5.73 Å². The van der Waals surface area contributed by atoms with Gasteiger partial charge in [-0.1, -0.05) is 31.4 Å². The number of nitrogens with two attached hydrogens (primary N) is 1. The second kappa shape index (κ2) is 4.71. The lowest BCUT2D eigenvalue weighted by Crippen LogP contribution is -2.37. The molecule has 2 nitrogen and oxygen atoms in total. The fourth-order valence-electron chi connectivity index (χ4n) is 3.40. The fraction of sp³-hybridized carbons (Fsp3) is 0.467. The van der Waals surface area contributed by atoms with Crippen molar-refractivity contribution in [3.05, 3.63) is 34.4 Å². The predicted octanol–water partition coefficient (Wildman–Crippen LogP) is 4.09. The van der Waals surface area contributed by atoms with Crippen LogP contribution in [-0.2, 0) is 5.41 Å². The van der Waals surface area contributed by atoms with Gasteiger partial charge in [-0.2, -0.15) is 0 Å². The van der Waals surface area contributed by atoms with Crippen LogP contribution in [0.3, 0.4) is 0 Å². The van der Waals surface area contributed by atoms with Gasteiger partial charge in [-0.3, -0.25) is 0 Å². The molecule has 1 heterocycles. The maximum atomic E-state index is 6.15. The Morgan fingerprint density at radius 1 is 1.22 bits per heavy atom. The zero-order chi connectivity index (χ0) is 12.6. The first-order valence-corrected chi connectivity index (χ1v) is 7.52. The van der Waals surface area contributed by atoms with Gasteiger partial charge < -0.3 is 10.7 Å². The monoisotopic (exact) mass is 306 g/mol. The Balaban J connectivity index is 2.20. The number of benzene rings is 1. The van der Waals surface area contributed by atoms with Crippen LogP contribution in [0.15, 0.2) is 28.9 Å².